The Balaban J connectivity index is 2.01. The number of hydrogen-bond donors (Lipinski definition) is 0. The third kappa shape index (κ3) is 2.01. The van der Waals surface area contributed by atoms with Crippen LogP contribution in [0.2, 0.25) is 0 Å². The molecule has 0 bridgehead atoms. The van der Waals surface area contributed by atoms with Gasteiger partial charge in [-0.1, -0.05) is 0 Å². The molecule has 3 rings (SSSR count). The first kappa shape index (κ1) is 13.8. The van der Waals surface area contributed by atoms with Crippen LogP contribution in [-0.2, 0) is 14.9 Å². The van der Waals surface area contributed by atoms with Gasteiger partial charge in [0.1, 0.15) is 12.7 Å². The van der Waals surface area contributed by atoms with E-state index in [1.807, 2.05) is 12.1 Å². The molecule has 106 valence electrons. The van der Waals surface area contributed by atoms with E-state index in [9.17, 15) is 14.0 Å². The van der Waals surface area contributed by atoms with Gasteiger partial charge in [0.15, 0.2) is 0 Å². The first-order valence-electron chi connectivity index (χ1n) is 6.28. The summed E-state index contributed by atoms with van der Waals surface area (Å²) in [6.45, 7) is 0.115. The number of nitrogens with zero attached hydrogens (tertiary/aromatic N) is 1. The number of carbonyl (C=O) groups is 2. The molecule has 1 fully saturated rings. The highest BCUT2D eigenvalue weighted by molar-refractivity contribution is 14.1. The Labute approximate surface area is 129 Å². The van der Waals surface area contributed by atoms with E-state index in [1.54, 1.807) is 6.07 Å². The number of esters is 1. The quantitative estimate of drug-likeness (QED) is 0.574. The molecule has 1 saturated carbocycles. The van der Waals surface area contributed by atoms with Gasteiger partial charge in [-0.05, 0) is 52.8 Å². The highest BCUT2D eigenvalue weighted by atomic mass is 127. The van der Waals surface area contributed by atoms with Crippen molar-refractivity contribution in [3.05, 3.63) is 32.9 Å². The highest BCUT2D eigenvalue weighted by Gasteiger charge is 2.61. The summed E-state index contributed by atoms with van der Waals surface area (Å²) in [4.78, 5) is 25.2. The molecule has 1 spiro atoms. The lowest BCUT2D eigenvalue weighted by Crippen LogP contribution is -2.46. The van der Waals surface area contributed by atoms with Gasteiger partial charge < -0.3 is 9.64 Å². The minimum atomic E-state index is -0.951. The molecule has 6 heteroatoms. The number of alkyl halides is 1. The Kier molecular flexibility index (Phi) is 3.23. The van der Waals surface area contributed by atoms with Crippen molar-refractivity contribution in [2.24, 2.45) is 0 Å². The standard InChI is InChI=1S/C14H13FINO3/c1-20-12(18)6-17-7-14(5-11(14)15)10-4-8(16)2-3-9(10)13(17)19/h2-4,11H,5-7H2,1H3/t11-,14-/m0/s1. The number of ether oxygens (including phenoxy) is 1. The highest BCUT2D eigenvalue weighted by Crippen LogP contribution is 2.54. The molecule has 1 aliphatic heterocycles. The van der Waals surface area contributed by atoms with Crippen molar-refractivity contribution in [3.8, 4) is 0 Å². The van der Waals surface area contributed by atoms with Gasteiger partial charge in [0.2, 0.25) is 0 Å². The summed E-state index contributed by atoms with van der Waals surface area (Å²) in [5.74, 6) is -0.718. The van der Waals surface area contributed by atoms with Crippen molar-refractivity contribution in [2.45, 2.75) is 18.0 Å². The molecule has 1 amide bonds. The van der Waals surface area contributed by atoms with E-state index >= 15 is 0 Å². The summed E-state index contributed by atoms with van der Waals surface area (Å²) in [7, 11) is 1.28. The molecular weight excluding hydrogens is 376 g/mol. The number of halogens is 2. The first-order chi connectivity index (χ1) is 9.48. The second-order valence-corrected chi connectivity index (χ2v) is 6.50. The van der Waals surface area contributed by atoms with Crippen LogP contribution in [-0.4, -0.2) is 43.1 Å². The SMILES string of the molecule is COC(=O)CN1C[C@@]2(C[C@@H]2F)c2cc(I)ccc2C1=O. The van der Waals surface area contributed by atoms with Crippen molar-refractivity contribution in [1.82, 2.24) is 4.90 Å². The van der Waals surface area contributed by atoms with Gasteiger partial charge in [0.05, 0.1) is 7.11 Å². The maximum Gasteiger partial charge on any atom is 0.325 e. The number of carbonyl (C=O) groups excluding carboxylic acids is 2. The van der Waals surface area contributed by atoms with Crippen molar-refractivity contribution < 1.29 is 18.7 Å². The third-order valence-corrected chi connectivity index (χ3v) is 4.71. The van der Waals surface area contributed by atoms with E-state index < -0.39 is 17.6 Å². The van der Waals surface area contributed by atoms with Gasteiger partial charge >= 0.3 is 5.97 Å². The summed E-state index contributed by atoms with van der Waals surface area (Å²) in [5, 5.41) is 0. The average molecular weight is 389 g/mol. The number of hydrogen-bond acceptors (Lipinski definition) is 3. The molecule has 1 aromatic rings. The molecule has 4 nitrogen and oxygen atoms in total. The smallest absolute Gasteiger partial charge is 0.325 e. The zero-order valence-electron chi connectivity index (χ0n) is 10.9. The second kappa shape index (κ2) is 4.68. The Morgan fingerprint density at radius 2 is 2.30 bits per heavy atom. The van der Waals surface area contributed by atoms with Gasteiger partial charge in [0.25, 0.3) is 5.91 Å². The van der Waals surface area contributed by atoms with Gasteiger partial charge in [0, 0.05) is 21.1 Å². The van der Waals surface area contributed by atoms with Gasteiger partial charge in [-0.2, -0.15) is 0 Å². The molecule has 1 heterocycles. The summed E-state index contributed by atoms with van der Waals surface area (Å²) in [6, 6.07) is 5.42. The summed E-state index contributed by atoms with van der Waals surface area (Å²) in [5.41, 5.74) is 0.655. The van der Waals surface area contributed by atoms with Crippen LogP contribution in [0.4, 0.5) is 4.39 Å². The topological polar surface area (TPSA) is 46.6 Å². The van der Waals surface area contributed by atoms with Crippen molar-refractivity contribution in [3.63, 3.8) is 0 Å². The minimum Gasteiger partial charge on any atom is -0.468 e. The number of rotatable bonds is 2. The lowest BCUT2D eigenvalue weighted by atomic mass is 9.86. The van der Waals surface area contributed by atoms with Crippen LogP contribution in [0, 0.1) is 3.57 Å². The van der Waals surface area contributed by atoms with Crippen molar-refractivity contribution >= 4 is 34.5 Å². The number of fused-ring (bicyclic) bond motifs is 2. The molecule has 2 atom stereocenters. The largest absolute Gasteiger partial charge is 0.468 e. The van der Waals surface area contributed by atoms with Crippen LogP contribution in [0.1, 0.15) is 22.3 Å². The lowest BCUT2D eigenvalue weighted by Gasteiger charge is -2.34. The Morgan fingerprint density at radius 1 is 1.60 bits per heavy atom. The maximum absolute atomic E-state index is 13.9. The van der Waals surface area contributed by atoms with Gasteiger partial charge in [-0.25, -0.2) is 4.39 Å². The zero-order chi connectivity index (χ0) is 14.5. The van der Waals surface area contributed by atoms with Crippen molar-refractivity contribution in [1.29, 1.82) is 0 Å². The van der Waals surface area contributed by atoms with Crippen LogP contribution < -0.4 is 0 Å². The average Bonchev–Trinajstić information content (AvgIpc) is 3.06. The normalized spacial score (nSPS) is 27.4. The Bertz CT molecular complexity index is 606. The molecule has 0 aromatic heterocycles. The number of methoxy groups -OCH3 is 1. The number of amides is 1. The zero-order valence-corrected chi connectivity index (χ0v) is 13.0. The van der Waals surface area contributed by atoms with Crippen LogP contribution in [0.3, 0.4) is 0 Å². The molecule has 20 heavy (non-hydrogen) atoms. The van der Waals surface area contributed by atoms with E-state index in [1.165, 1.54) is 12.0 Å². The number of benzene rings is 1. The maximum atomic E-state index is 13.9. The fraction of sp³-hybridized carbons (Fsp3) is 0.429. The molecule has 0 N–H and O–H groups in total. The Morgan fingerprint density at radius 3 is 2.90 bits per heavy atom. The van der Waals surface area contributed by atoms with E-state index in [-0.39, 0.29) is 19.0 Å². The van der Waals surface area contributed by atoms with Crippen LogP contribution in [0.15, 0.2) is 18.2 Å². The monoisotopic (exact) mass is 389 g/mol. The van der Waals surface area contributed by atoms with Gasteiger partial charge in [-0.15, -0.1) is 0 Å². The molecule has 0 unspecified atom stereocenters. The van der Waals surface area contributed by atoms with E-state index in [0.29, 0.717) is 12.0 Å². The van der Waals surface area contributed by atoms with Crippen LogP contribution in [0.5, 0.6) is 0 Å². The van der Waals surface area contributed by atoms with Crippen LogP contribution in [0.25, 0.3) is 0 Å². The molecule has 2 aliphatic rings. The molecular formula is C14H13FINO3. The minimum absolute atomic E-state index is 0.130. The van der Waals surface area contributed by atoms with E-state index in [4.69, 9.17) is 0 Å². The van der Waals surface area contributed by atoms with E-state index in [2.05, 4.69) is 27.3 Å². The fourth-order valence-electron chi connectivity index (χ4n) is 2.83. The first-order valence-corrected chi connectivity index (χ1v) is 7.36. The molecule has 0 saturated heterocycles. The van der Waals surface area contributed by atoms with E-state index in [0.717, 1.165) is 9.13 Å². The van der Waals surface area contributed by atoms with Crippen molar-refractivity contribution in [2.75, 3.05) is 20.2 Å². The second-order valence-electron chi connectivity index (χ2n) is 5.26. The summed E-state index contributed by atoms with van der Waals surface area (Å²) < 4.78 is 19.5. The molecule has 1 aromatic carbocycles. The van der Waals surface area contributed by atoms with Gasteiger partial charge in [-0.3, -0.25) is 9.59 Å². The fourth-order valence-corrected chi connectivity index (χ4v) is 3.33. The van der Waals surface area contributed by atoms with Crippen LogP contribution >= 0.6 is 22.6 Å². The molecule has 1 aliphatic carbocycles. The predicted molar refractivity (Wildman–Crippen MR) is 78.3 cm³/mol. The predicted octanol–water partition coefficient (Wildman–Crippen LogP) is 1.90. The summed E-state index contributed by atoms with van der Waals surface area (Å²) >= 11 is 2.15. The third-order valence-electron chi connectivity index (χ3n) is 4.04. The molecule has 0 radical (unpaired) electrons. The Hall–Kier alpha value is -1.18. The lowest BCUT2D eigenvalue weighted by molar-refractivity contribution is -0.141. The summed E-state index contributed by atoms with van der Waals surface area (Å²) in [6.07, 6.45) is -0.543.